The Bertz CT molecular complexity index is 277. The minimum atomic E-state index is 0. The maximum atomic E-state index is 12.2. The first kappa shape index (κ1) is 16.7. The molecule has 1 saturated heterocycles. The second-order valence-corrected chi connectivity index (χ2v) is 5.66. The molecule has 19 heavy (non-hydrogen) atoms. The number of hydrogen-bond donors (Lipinski definition) is 1. The first-order chi connectivity index (χ1) is 8.72. The van der Waals surface area contributed by atoms with Crippen LogP contribution in [0.15, 0.2) is 0 Å². The molecule has 2 aliphatic rings. The second-order valence-electron chi connectivity index (χ2n) is 5.66. The van der Waals surface area contributed by atoms with E-state index in [1.807, 2.05) is 4.90 Å². The Morgan fingerprint density at radius 3 is 2.47 bits per heavy atom. The number of rotatable bonds is 6. The fourth-order valence-electron chi connectivity index (χ4n) is 2.66. The molecule has 0 radical (unpaired) electrons. The van der Waals surface area contributed by atoms with Crippen molar-refractivity contribution in [3.05, 3.63) is 0 Å². The molecule has 2 rings (SSSR count). The van der Waals surface area contributed by atoms with Crippen LogP contribution >= 0.6 is 12.4 Å². The van der Waals surface area contributed by atoms with Crippen molar-refractivity contribution in [2.75, 3.05) is 26.2 Å². The predicted octanol–water partition coefficient (Wildman–Crippen LogP) is 1.81. The van der Waals surface area contributed by atoms with E-state index < -0.39 is 0 Å². The van der Waals surface area contributed by atoms with Crippen LogP contribution < -0.4 is 5.73 Å². The van der Waals surface area contributed by atoms with Crippen LogP contribution in [0.2, 0.25) is 0 Å². The molecule has 0 aromatic rings. The van der Waals surface area contributed by atoms with Crippen molar-refractivity contribution in [3.63, 3.8) is 0 Å². The van der Waals surface area contributed by atoms with Gasteiger partial charge in [-0.2, -0.15) is 0 Å². The summed E-state index contributed by atoms with van der Waals surface area (Å²) in [6.45, 7) is 5.26. The molecule has 4 nitrogen and oxygen atoms in total. The van der Waals surface area contributed by atoms with E-state index in [4.69, 9.17) is 10.5 Å². The lowest BCUT2D eigenvalue weighted by Crippen LogP contribution is -2.43. The van der Waals surface area contributed by atoms with Crippen molar-refractivity contribution in [2.45, 2.75) is 45.1 Å². The van der Waals surface area contributed by atoms with Crippen LogP contribution in [0.25, 0.3) is 0 Å². The maximum Gasteiger partial charge on any atom is 0.225 e. The fraction of sp³-hybridized carbons (Fsp3) is 0.929. The number of nitrogens with zero attached hydrogens (tertiary/aromatic N) is 1. The molecular formula is C14H27ClN2O2. The molecule has 5 heteroatoms. The van der Waals surface area contributed by atoms with Gasteiger partial charge in [0.15, 0.2) is 0 Å². The van der Waals surface area contributed by atoms with E-state index in [0.29, 0.717) is 24.5 Å². The summed E-state index contributed by atoms with van der Waals surface area (Å²) in [6, 6.07) is 0. The molecule has 112 valence electrons. The van der Waals surface area contributed by atoms with E-state index in [-0.39, 0.29) is 18.3 Å². The lowest BCUT2D eigenvalue weighted by Gasteiger charge is -2.33. The number of halogens is 1. The van der Waals surface area contributed by atoms with Gasteiger partial charge >= 0.3 is 0 Å². The van der Waals surface area contributed by atoms with Gasteiger partial charge in [0, 0.05) is 25.6 Å². The Hall–Kier alpha value is -0.320. The smallest absolute Gasteiger partial charge is 0.225 e. The number of nitrogens with two attached hydrogens (primary N) is 1. The molecule has 1 aliphatic heterocycles. The summed E-state index contributed by atoms with van der Waals surface area (Å²) < 4.78 is 5.75. The highest BCUT2D eigenvalue weighted by Gasteiger charge is 2.35. The molecule has 2 N–H and O–H groups in total. The third-order valence-electron chi connectivity index (χ3n) is 4.17. The van der Waals surface area contributed by atoms with Crippen molar-refractivity contribution in [3.8, 4) is 0 Å². The van der Waals surface area contributed by atoms with Gasteiger partial charge < -0.3 is 15.4 Å². The number of likely N-dealkylation sites (tertiary alicyclic amines) is 1. The SMILES string of the molecule is CC(C(=O)N1CCC(OCCCN)CC1)C1CC1.Cl. The molecule has 1 heterocycles. The third kappa shape index (κ3) is 4.93. The van der Waals surface area contributed by atoms with Crippen molar-refractivity contribution >= 4 is 18.3 Å². The van der Waals surface area contributed by atoms with Gasteiger partial charge in [0.25, 0.3) is 0 Å². The van der Waals surface area contributed by atoms with Crippen LogP contribution in [-0.2, 0) is 9.53 Å². The summed E-state index contributed by atoms with van der Waals surface area (Å²) in [7, 11) is 0. The van der Waals surface area contributed by atoms with Gasteiger partial charge in [-0.25, -0.2) is 0 Å². The summed E-state index contributed by atoms with van der Waals surface area (Å²) in [6.07, 6.45) is 5.70. The number of hydrogen-bond acceptors (Lipinski definition) is 3. The summed E-state index contributed by atoms with van der Waals surface area (Å²) in [4.78, 5) is 14.2. The minimum absolute atomic E-state index is 0. The predicted molar refractivity (Wildman–Crippen MR) is 78.4 cm³/mol. The standard InChI is InChI=1S/C14H26N2O2.ClH/c1-11(12-3-4-12)14(17)16-8-5-13(6-9-16)18-10-2-7-15;/h11-13H,2-10,15H2,1H3;1H. The molecule has 1 unspecified atom stereocenters. The highest BCUT2D eigenvalue weighted by Crippen LogP contribution is 2.37. The molecule has 1 aliphatic carbocycles. The molecule has 0 aromatic heterocycles. The lowest BCUT2D eigenvalue weighted by atomic mass is 10.0. The molecule has 0 aromatic carbocycles. The molecular weight excluding hydrogens is 264 g/mol. The summed E-state index contributed by atoms with van der Waals surface area (Å²) >= 11 is 0. The number of amides is 1. The Morgan fingerprint density at radius 2 is 1.95 bits per heavy atom. The zero-order valence-corrected chi connectivity index (χ0v) is 12.7. The van der Waals surface area contributed by atoms with Crippen molar-refractivity contribution < 1.29 is 9.53 Å². The number of carbonyl (C=O) groups is 1. The maximum absolute atomic E-state index is 12.2. The van der Waals surface area contributed by atoms with Crippen LogP contribution in [0, 0.1) is 11.8 Å². The van der Waals surface area contributed by atoms with Gasteiger partial charge in [-0.3, -0.25) is 4.79 Å². The first-order valence-electron chi connectivity index (χ1n) is 7.33. The van der Waals surface area contributed by atoms with Crippen LogP contribution in [0.3, 0.4) is 0 Å². The van der Waals surface area contributed by atoms with Crippen LogP contribution in [-0.4, -0.2) is 43.2 Å². The Morgan fingerprint density at radius 1 is 1.32 bits per heavy atom. The van der Waals surface area contributed by atoms with E-state index in [1.54, 1.807) is 0 Å². The minimum Gasteiger partial charge on any atom is -0.378 e. The average molecular weight is 291 g/mol. The van der Waals surface area contributed by atoms with Gasteiger partial charge in [-0.15, -0.1) is 12.4 Å². The summed E-state index contributed by atoms with van der Waals surface area (Å²) in [5.74, 6) is 1.26. The van der Waals surface area contributed by atoms with Gasteiger partial charge in [0.05, 0.1) is 6.10 Å². The van der Waals surface area contributed by atoms with E-state index in [1.165, 1.54) is 12.8 Å². The Kier molecular flexibility index (Phi) is 7.11. The largest absolute Gasteiger partial charge is 0.378 e. The number of piperidine rings is 1. The van der Waals surface area contributed by atoms with Gasteiger partial charge in [0.1, 0.15) is 0 Å². The zero-order chi connectivity index (χ0) is 13.0. The van der Waals surface area contributed by atoms with E-state index >= 15 is 0 Å². The van der Waals surface area contributed by atoms with E-state index in [0.717, 1.165) is 39.0 Å². The Balaban J connectivity index is 0.00000180. The van der Waals surface area contributed by atoms with Gasteiger partial charge in [-0.05, 0) is 44.6 Å². The number of ether oxygens (including phenoxy) is 1. The molecule has 1 saturated carbocycles. The van der Waals surface area contributed by atoms with Crippen LogP contribution in [0.4, 0.5) is 0 Å². The third-order valence-corrected chi connectivity index (χ3v) is 4.17. The van der Waals surface area contributed by atoms with Crippen molar-refractivity contribution in [2.24, 2.45) is 17.6 Å². The highest BCUT2D eigenvalue weighted by molar-refractivity contribution is 5.85. The average Bonchev–Trinajstić information content (AvgIpc) is 3.22. The van der Waals surface area contributed by atoms with E-state index in [2.05, 4.69) is 6.92 Å². The topological polar surface area (TPSA) is 55.6 Å². The zero-order valence-electron chi connectivity index (χ0n) is 11.8. The normalized spacial score (nSPS) is 21.9. The van der Waals surface area contributed by atoms with Gasteiger partial charge in [-0.1, -0.05) is 6.92 Å². The molecule has 2 fully saturated rings. The Labute approximate surface area is 122 Å². The highest BCUT2D eigenvalue weighted by atomic mass is 35.5. The van der Waals surface area contributed by atoms with Crippen LogP contribution in [0.1, 0.15) is 39.0 Å². The lowest BCUT2D eigenvalue weighted by molar-refractivity contribution is -0.138. The summed E-state index contributed by atoms with van der Waals surface area (Å²) in [5.41, 5.74) is 5.44. The first-order valence-corrected chi connectivity index (χ1v) is 7.33. The second kappa shape index (κ2) is 8.08. The molecule has 0 bridgehead atoms. The fourth-order valence-corrected chi connectivity index (χ4v) is 2.66. The van der Waals surface area contributed by atoms with Crippen LogP contribution in [0.5, 0.6) is 0 Å². The van der Waals surface area contributed by atoms with E-state index in [9.17, 15) is 4.79 Å². The van der Waals surface area contributed by atoms with Crippen molar-refractivity contribution in [1.82, 2.24) is 4.90 Å². The monoisotopic (exact) mass is 290 g/mol. The molecule has 1 amide bonds. The molecule has 1 atom stereocenters. The summed E-state index contributed by atoms with van der Waals surface area (Å²) in [5, 5.41) is 0. The quantitative estimate of drug-likeness (QED) is 0.759. The molecule has 0 spiro atoms. The van der Waals surface area contributed by atoms with Crippen molar-refractivity contribution in [1.29, 1.82) is 0 Å². The number of carbonyl (C=O) groups excluding carboxylic acids is 1. The van der Waals surface area contributed by atoms with Gasteiger partial charge in [0.2, 0.25) is 5.91 Å².